The minimum atomic E-state index is -0.812. The molecule has 23 heavy (non-hydrogen) atoms. The van der Waals surface area contributed by atoms with Gasteiger partial charge in [0.15, 0.2) is 0 Å². The van der Waals surface area contributed by atoms with E-state index in [2.05, 4.69) is 4.98 Å². The number of nitrogens with zero attached hydrogens (tertiary/aromatic N) is 1. The Balaban J connectivity index is 2.00. The summed E-state index contributed by atoms with van der Waals surface area (Å²) in [7, 11) is 0. The van der Waals surface area contributed by atoms with Gasteiger partial charge in [-0.25, -0.2) is 4.98 Å². The Morgan fingerprint density at radius 2 is 1.87 bits per heavy atom. The highest BCUT2D eigenvalue weighted by atomic mass is 35.5. The van der Waals surface area contributed by atoms with Crippen molar-refractivity contribution in [3.05, 3.63) is 64.1 Å². The summed E-state index contributed by atoms with van der Waals surface area (Å²) in [5, 5.41) is 10.5. The molecule has 0 aliphatic heterocycles. The Hall–Kier alpha value is -2.17. The Labute approximate surface area is 142 Å². The van der Waals surface area contributed by atoms with Crippen LogP contribution in [0.25, 0.3) is 21.9 Å². The molecule has 2 aromatic carbocycles. The molecule has 1 N–H and O–H groups in total. The van der Waals surface area contributed by atoms with E-state index >= 15 is 0 Å². The Bertz CT molecular complexity index is 835. The molecule has 116 valence electrons. The van der Waals surface area contributed by atoms with Gasteiger partial charge in [0, 0.05) is 11.4 Å². The zero-order valence-electron chi connectivity index (χ0n) is 12.2. The first-order valence-electron chi connectivity index (χ1n) is 7.16. The minimum absolute atomic E-state index is 0.0787. The molecule has 0 unspecified atom stereocenters. The highest BCUT2D eigenvalue weighted by Crippen LogP contribution is 2.31. The van der Waals surface area contributed by atoms with Crippen LogP contribution >= 0.6 is 22.9 Å². The number of carboxylic acids is 1. The number of hydrogen-bond acceptors (Lipinski definition) is 3. The first-order valence-corrected chi connectivity index (χ1v) is 8.35. The summed E-state index contributed by atoms with van der Waals surface area (Å²) in [5.41, 5.74) is 2.84. The third-order valence-corrected chi connectivity index (χ3v) is 4.75. The van der Waals surface area contributed by atoms with Gasteiger partial charge >= 0.3 is 5.97 Å². The zero-order valence-corrected chi connectivity index (χ0v) is 13.8. The number of para-hydroxylation sites is 1. The van der Waals surface area contributed by atoms with Crippen LogP contribution in [-0.4, -0.2) is 16.1 Å². The van der Waals surface area contributed by atoms with Crippen LogP contribution in [0.3, 0.4) is 0 Å². The van der Waals surface area contributed by atoms with Crippen LogP contribution in [0.2, 0.25) is 5.02 Å². The van der Waals surface area contributed by atoms with Crippen molar-refractivity contribution in [2.45, 2.75) is 12.8 Å². The molecule has 1 heterocycles. The van der Waals surface area contributed by atoms with Gasteiger partial charge in [0.1, 0.15) is 5.01 Å². The van der Waals surface area contributed by atoms with E-state index in [9.17, 15) is 4.79 Å². The number of rotatable bonds is 5. The molecule has 0 bridgehead atoms. The number of halogens is 1. The molecular weight excluding hydrogens is 330 g/mol. The Morgan fingerprint density at radius 1 is 1.13 bits per heavy atom. The first-order chi connectivity index (χ1) is 11.1. The van der Waals surface area contributed by atoms with E-state index in [0.29, 0.717) is 11.4 Å². The molecule has 3 aromatic rings. The van der Waals surface area contributed by atoms with Crippen LogP contribution in [0, 0.1) is 0 Å². The van der Waals surface area contributed by atoms with E-state index in [4.69, 9.17) is 16.7 Å². The van der Waals surface area contributed by atoms with E-state index in [1.807, 2.05) is 54.6 Å². The molecule has 0 aliphatic carbocycles. The number of carbonyl (C=O) groups is 1. The smallest absolute Gasteiger partial charge is 0.303 e. The maximum atomic E-state index is 10.9. The van der Waals surface area contributed by atoms with Crippen molar-refractivity contribution in [2.24, 2.45) is 0 Å². The van der Waals surface area contributed by atoms with E-state index in [-0.39, 0.29) is 6.42 Å². The summed E-state index contributed by atoms with van der Waals surface area (Å²) in [6.45, 7) is 0. The topological polar surface area (TPSA) is 50.2 Å². The van der Waals surface area contributed by atoms with Gasteiger partial charge < -0.3 is 5.11 Å². The molecule has 3 nitrogen and oxygen atoms in total. The average molecular weight is 344 g/mol. The summed E-state index contributed by atoms with van der Waals surface area (Å²) in [6.07, 6.45) is 2.50. The normalized spacial score (nSPS) is 11.8. The molecule has 0 amide bonds. The van der Waals surface area contributed by atoms with E-state index in [0.717, 1.165) is 26.4 Å². The fourth-order valence-corrected chi connectivity index (χ4v) is 3.39. The highest BCUT2D eigenvalue weighted by Gasteiger charge is 2.11. The number of aromatic nitrogens is 1. The SMILES string of the molecule is O=C(O)CC/C(=C\c1ccc(Cl)cc1)c1nc2ccccc2s1. The van der Waals surface area contributed by atoms with Crippen molar-refractivity contribution < 1.29 is 9.90 Å². The van der Waals surface area contributed by atoms with Crippen molar-refractivity contribution in [3.8, 4) is 0 Å². The number of benzene rings is 2. The minimum Gasteiger partial charge on any atom is -0.481 e. The van der Waals surface area contributed by atoms with Crippen LogP contribution in [0.1, 0.15) is 23.4 Å². The number of carboxylic acid groups (broad SMARTS) is 1. The monoisotopic (exact) mass is 343 g/mol. The Kier molecular flexibility index (Phi) is 4.74. The number of fused-ring (bicyclic) bond motifs is 1. The lowest BCUT2D eigenvalue weighted by molar-refractivity contribution is -0.136. The summed E-state index contributed by atoms with van der Waals surface area (Å²) >= 11 is 7.49. The molecule has 3 rings (SSSR count). The summed E-state index contributed by atoms with van der Waals surface area (Å²) < 4.78 is 1.10. The van der Waals surface area contributed by atoms with Gasteiger partial charge in [0.2, 0.25) is 0 Å². The summed E-state index contributed by atoms with van der Waals surface area (Å²) in [4.78, 5) is 15.6. The van der Waals surface area contributed by atoms with Crippen molar-refractivity contribution in [2.75, 3.05) is 0 Å². The molecule has 0 atom stereocenters. The molecule has 0 aliphatic rings. The molecule has 0 saturated heterocycles. The fourth-order valence-electron chi connectivity index (χ4n) is 2.25. The molecule has 0 fully saturated rings. The van der Waals surface area contributed by atoms with E-state index in [1.165, 1.54) is 0 Å². The van der Waals surface area contributed by atoms with Gasteiger partial charge in [-0.05, 0) is 47.9 Å². The van der Waals surface area contributed by atoms with Gasteiger partial charge in [0.25, 0.3) is 0 Å². The predicted octanol–water partition coefficient (Wildman–Crippen LogP) is 5.36. The maximum absolute atomic E-state index is 10.9. The van der Waals surface area contributed by atoms with Crippen molar-refractivity contribution in [1.29, 1.82) is 0 Å². The number of thiazole rings is 1. The Morgan fingerprint density at radius 3 is 2.57 bits per heavy atom. The second kappa shape index (κ2) is 6.94. The van der Waals surface area contributed by atoms with Crippen LogP contribution in [0.15, 0.2) is 48.5 Å². The largest absolute Gasteiger partial charge is 0.481 e. The molecule has 0 radical (unpaired) electrons. The maximum Gasteiger partial charge on any atom is 0.303 e. The lowest BCUT2D eigenvalue weighted by Gasteiger charge is -2.03. The summed E-state index contributed by atoms with van der Waals surface area (Å²) in [5.74, 6) is -0.812. The number of hydrogen-bond donors (Lipinski definition) is 1. The number of aliphatic carboxylic acids is 1. The van der Waals surface area contributed by atoms with Crippen molar-refractivity contribution in [1.82, 2.24) is 4.98 Å². The second-order valence-corrected chi connectivity index (χ2v) is 6.57. The zero-order chi connectivity index (χ0) is 16.2. The van der Waals surface area contributed by atoms with Crippen LogP contribution in [0.5, 0.6) is 0 Å². The molecule has 0 saturated carbocycles. The third-order valence-electron chi connectivity index (χ3n) is 3.39. The highest BCUT2D eigenvalue weighted by molar-refractivity contribution is 7.19. The van der Waals surface area contributed by atoms with Crippen molar-refractivity contribution in [3.63, 3.8) is 0 Å². The molecule has 5 heteroatoms. The fraction of sp³-hybridized carbons (Fsp3) is 0.111. The van der Waals surface area contributed by atoms with E-state index in [1.54, 1.807) is 11.3 Å². The van der Waals surface area contributed by atoms with Gasteiger partial charge in [0.05, 0.1) is 10.2 Å². The quantitative estimate of drug-likeness (QED) is 0.678. The van der Waals surface area contributed by atoms with E-state index < -0.39 is 5.97 Å². The van der Waals surface area contributed by atoms with Gasteiger partial charge in [-0.2, -0.15) is 0 Å². The average Bonchev–Trinajstić information content (AvgIpc) is 2.97. The lowest BCUT2D eigenvalue weighted by Crippen LogP contribution is -1.95. The van der Waals surface area contributed by atoms with Crippen LogP contribution in [-0.2, 0) is 4.79 Å². The van der Waals surface area contributed by atoms with Crippen LogP contribution in [0.4, 0.5) is 0 Å². The molecular formula is C18H14ClNO2S. The molecule has 1 aromatic heterocycles. The lowest BCUT2D eigenvalue weighted by atomic mass is 10.1. The van der Waals surface area contributed by atoms with Crippen molar-refractivity contribution >= 4 is 50.8 Å². The van der Waals surface area contributed by atoms with Crippen LogP contribution < -0.4 is 0 Å². The second-order valence-electron chi connectivity index (χ2n) is 5.10. The predicted molar refractivity (Wildman–Crippen MR) is 95.8 cm³/mol. The first kappa shape index (κ1) is 15.7. The number of allylic oxidation sites excluding steroid dienone is 1. The summed E-state index contributed by atoms with van der Waals surface area (Å²) in [6, 6.07) is 15.4. The third kappa shape index (κ3) is 3.97. The van der Waals surface area contributed by atoms with Gasteiger partial charge in [-0.15, -0.1) is 11.3 Å². The standard InChI is InChI=1S/C18H14ClNO2S/c19-14-8-5-12(6-9-14)11-13(7-10-17(21)22)18-20-15-3-1-2-4-16(15)23-18/h1-6,8-9,11H,7,10H2,(H,21,22)/b13-11+. The van der Waals surface area contributed by atoms with Gasteiger partial charge in [-0.3, -0.25) is 4.79 Å². The van der Waals surface area contributed by atoms with Gasteiger partial charge in [-0.1, -0.05) is 35.9 Å². The molecule has 0 spiro atoms.